The number of aryl methyl sites for hydroxylation is 3. The molecule has 0 radical (unpaired) electrons. The maximum absolute atomic E-state index is 13.3. The number of rotatable bonds is 43. The quantitative estimate of drug-likeness (QED) is 0.0282. The minimum atomic E-state index is -4.30. The third-order valence-electron chi connectivity index (χ3n) is 24.3. The molecule has 2 aliphatic carbocycles. The number of hydrogen-bond acceptors (Lipinski definition) is 4. The van der Waals surface area contributed by atoms with E-state index in [9.17, 15) is 48.3 Å². The second-order valence-corrected chi connectivity index (χ2v) is 36.4. The molecule has 0 bridgehead atoms. The largest absolute Gasteiger partial charge is 0.494 e. The van der Waals surface area contributed by atoms with E-state index in [-0.39, 0.29) is 36.8 Å². The van der Waals surface area contributed by atoms with Gasteiger partial charge in [0.1, 0.15) is 29.3 Å². The van der Waals surface area contributed by atoms with Gasteiger partial charge in [0, 0.05) is 30.6 Å². The Hall–Kier alpha value is -9.89. The molecule has 2 aliphatic rings. The van der Waals surface area contributed by atoms with Gasteiger partial charge in [0.15, 0.2) is 0 Å². The van der Waals surface area contributed by atoms with E-state index in [0.717, 1.165) is 111 Å². The number of nitrogens with zero attached hydrogens (tertiary/aromatic N) is 2. The predicted octanol–water partition coefficient (Wildman–Crippen LogP) is 41.0. The molecular weight excluding hydrogens is 1770 g/mol. The van der Waals surface area contributed by atoms with Gasteiger partial charge in [0.2, 0.25) is 0 Å². The predicted molar refractivity (Wildman–Crippen MR) is 572 cm³/mol. The SMILES string of the molecule is C.CCCC1CC1c1ccccc1.CCCCC(C)c1ccc(F)cc1.CCCCC(C)c1ccccc1.CCCCC(F)(F)c1ccccc1.CCCCC(F)c1ccccc1.CCCCC1(c2ccccc2)CC1.CCCCCc1ccc(F)cc1.CCCCCc1ccccc1.CCCCCc1cnccn1.CCCCOc1ccc(C(F)(F)F)cc1.CCCCOc1cccc(C(F)(F)F)c1. The van der Waals surface area contributed by atoms with Crippen molar-refractivity contribution in [2.24, 2.45) is 5.92 Å². The zero-order valence-electron chi connectivity index (χ0n) is 86.4. The molecule has 0 N–H and O–H groups in total. The van der Waals surface area contributed by atoms with Crippen molar-refractivity contribution >= 4 is 0 Å². The highest BCUT2D eigenvalue weighted by Crippen LogP contribution is 2.52. The molecule has 1 heterocycles. The Labute approximate surface area is 840 Å². The van der Waals surface area contributed by atoms with Crippen LogP contribution in [0.4, 0.5) is 48.3 Å². The lowest BCUT2D eigenvalue weighted by molar-refractivity contribution is -0.138. The number of ether oxygens (including phenoxy) is 2. The van der Waals surface area contributed by atoms with E-state index in [2.05, 4.69) is 201 Å². The summed E-state index contributed by atoms with van der Waals surface area (Å²) in [6.45, 7) is 29.2. The summed E-state index contributed by atoms with van der Waals surface area (Å²) in [5, 5.41) is 0. The number of benzene rings is 10. The van der Waals surface area contributed by atoms with Crippen LogP contribution in [0.2, 0.25) is 0 Å². The first-order valence-corrected chi connectivity index (χ1v) is 52.3. The third kappa shape index (κ3) is 59.1. The molecule has 10 aromatic carbocycles. The van der Waals surface area contributed by atoms with Gasteiger partial charge in [-0.2, -0.15) is 26.3 Å². The molecule has 0 amide bonds. The highest BCUT2D eigenvalue weighted by Gasteiger charge is 2.43. The van der Waals surface area contributed by atoms with Crippen LogP contribution in [-0.2, 0) is 43.0 Å². The van der Waals surface area contributed by atoms with E-state index in [4.69, 9.17) is 9.47 Å². The highest BCUT2D eigenvalue weighted by molar-refractivity contribution is 5.33. The smallest absolute Gasteiger partial charge is 0.416 e. The lowest BCUT2D eigenvalue weighted by Crippen LogP contribution is -2.12. The first-order valence-electron chi connectivity index (χ1n) is 52.3. The molecule has 0 spiro atoms. The molecule has 5 unspecified atom stereocenters. The normalized spacial score (nSPS) is 13.4. The van der Waals surface area contributed by atoms with Crippen LogP contribution in [0.15, 0.2) is 298 Å². The fourth-order valence-electron chi connectivity index (χ4n) is 15.2. The van der Waals surface area contributed by atoms with Crippen LogP contribution >= 0.6 is 0 Å². The van der Waals surface area contributed by atoms with Crippen molar-refractivity contribution in [3.63, 3.8) is 0 Å². The van der Waals surface area contributed by atoms with Crippen molar-refractivity contribution in [3.05, 3.63) is 371 Å². The minimum Gasteiger partial charge on any atom is -0.494 e. The number of halogens is 11. The lowest BCUT2D eigenvalue weighted by atomic mass is 9.91. The molecule has 772 valence electrons. The van der Waals surface area contributed by atoms with Gasteiger partial charge in [0.05, 0.1) is 30.0 Å². The first-order chi connectivity index (χ1) is 67.1. The zero-order chi connectivity index (χ0) is 102. The molecule has 13 rings (SSSR count). The fraction of sp³-hybridized carbons (Fsp3) is 0.488. The van der Waals surface area contributed by atoms with Crippen molar-refractivity contribution in [2.45, 2.75) is 376 Å². The summed E-state index contributed by atoms with van der Waals surface area (Å²) in [7, 11) is 0. The van der Waals surface area contributed by atoms with E-state index in [1.54, 1.807) is 41.7 Å². The lowest BCUT2D eigenvalue weighted by Gasteiger charge is -2.15. The molecule has 0 aliphatic heterocycles. The Kier molecular flexibility index (Phi) is 70.1. The summed E-state index contributed by atoms with van der Waals surface area (Å²) < 4.78 is 149. The van der Waals surface area contributed by atoms with Gasteiger partial charge in [0.25, 0.3) is 5.92 Å². The summed E-state index contributed by atoms with van der Waals surface area (Å²) in [5.41, 5.74) is 9.89. The second kappa shape index (κ2) is 77.7. The summed E-state index contributed by atoms with van der Waals surface area (Å²) in [5.74, 6) is 0.989. The molecule has 1 aromatic heterocycles. The van der Waals surface area contributed by atoms with E-state index in [1.165, 1.54) is 237 Å². The average Bonchev–Trinajstić information content (AvgIpc) is 1.60. The summed E-state index contributed by atoms with van der Waals surface area (Å²) in [6, 6.07) is 84.1. The fourth-order valence-corrected chi connectivity index (χ4v) is 15.2. The molecule has 0 saturated heterocycles. The van der Waals surface area contributed by atoms with Crippen molar-refractivity contribution in [2.75, 3.05) is 13.2 Å². The van der Waals surface area contributed by atoms with E-state index in [0.29, 0.717) is 43.1 Å². The van der Waals surface area contributed by atoms with Crippen molar-refractivity contribution in [1.29, 1.82) is 0 Å². The Morgan fingerprint density at radius 2 is 0.779 bits per heavy atom. The molecule has 4 nitrogen and oxygen atoms in total. The number of aromatic nitrogens is 2. The van der Waals surface area contributed by atoms with Crippen LogP contribution in [-0.4, -0.2) is 23.2 Å². The Morgan fingerprint density at radius 3 is 1.24 bits per heavy atom. The van der Waals surface area contributed by atoms with Gasteiger partial charge in [-0.25, -0.2) is 22.0 Å². The van der Waals surface area contributed by atoms with Crippen LogP contribution in [0.3, 0.4) is 0 Å². The maximum Gasteiger partial charge on any atom is 0.416 e. The van der Waals surface area contributed by atoms with Gasteiger partial charge >= 0.3 is 12.4 Å². The van der Waals surface area contributed by atoms with Crippen molar-refractivity contribution in [3.8, 4) is 11.5 Å². The zero-order valence-corrected chi connectivity index (χ0v) is 86.4. The first kappa shape index (κ1) is 126. The monoisotopic (exact) mass is 1940 g/mol. The topological polar surface area (TPSA) is 44.2 Å². The maximum atomic E-state index is 13.3. The van der Waals surface area contributed by atoms with Crippen LogP contribution in [0.5, 0.6) is 11.5 Å². The minimum absolute atomic E-state index is 0. The van der Waals surface area contributed by atoms with Crippen LogP contribution in [0.1, 0.15) is 395 Å². The van der Waals surface area contributed by atoms with E-state index < -0.39 is 35.6 Å². The summed E-state index contributed by atoms with van der Waals surface area (Å²) in [6.07, 6.45) is 37.3. The molecule has 2 saturated carbocycles. The van der Waals surface area contributed by atoms with Crippen molar-refractivity contribution in [1.82, 2.24) is 9.97 Å². The molecular formula is C125H173F11N2O2. The molecule has 5 atom stereocenters. The molecule has 15 heteroatoms. The summed E-state index contributed by atoms with van der Waals surface area (Å²) >= 11 is 0. The van der Waals surface area contributed by atoms with Gasteiger partial charge in [-0.05, 0) is 237 Å². The average molecular weight is 1940 g/mol. The summed E-state index contributed by atoms with van der Waals surface area (Å²) in [4.78, 5) is 8.19. The molecule has 11 aromatic rings. The Bertz CT molecular complexity index is 4430. The van der Waals surface area contributed by atoms with Crippen LogP contribution in [0, 0.1) is 17.6 Å². The highest BCUT2D eigenvalue weighted by atomic mass is 19.4. The Balaban J connectivity index is 0.000000521. The van der Waals surface area contributed by atoms with Crippen molar-refractivity contribution < 1.29 is 57.8 Å². The molecule has 2 fully saturated rings. The second-order valence-electron chi connectivity index (χ2n) is 36.4. The third-order valence-corrected chi connectivity index (χ3v) is 24.3. The standard InChI is InChI=1S/C13H18.C12H17F.C12H16.C12H18.2C11H13F3O.C11H14F2.2C11H15F.C11H16.C9H14N2.CH4/c1-2-3-9-13(10-11-13)12-7-5-4-6-8-12;1-3-4-5-10(2)11-6-8-12(13)9-7-11;1-2-6-11-9-12(11)10-7-4-3-5-8-10;1-3-4-8-11(2)12-9-6-5-7-10-12;1-2-3-8-15-10-6-4-9(5-7-10)11(12,13)14;1-2-3-7-15-10-6-4-5-9(8-10)11(12,13)14;1-2-3-9-11(12,13)10-7-5-4-6-8-10;1-2-3-9-11(12)10-7-5-4-6-8-10;1-2-3-4-5-10-6-8-11(12)9-7-10;1-2-3-5-8-11-9-6-4-7-10-11;1-2-3-4-5-9-8-10-6-7-11-9;/h4-8H,2-3,9-11H2,1H3;6-10H,3-5H2,1-2H3;3-5,7-8,11-12H,2,6,9H2,1H3;5-7,9-11H,3-4,8H2,1-2H3;4-7H,2-3,8H2,1H3;4-6,8H,2-3,7H2,1H3;4-8H,2-3,9H2,1H3;4-8,11H,2-3,9H2,1H3;6-9H,2-5H2,1H3;4,6-7,9-10H,2-3,5,8H2,1H3;6-8H,2-5H2,1H3;1H4. The van der Waals surface area contributed by atoms with Gasteiger partial charge < -0.3 is 9.47 Å². The Morgan fingerprint density at radius 1 is 0.364 bits per heavy atom. The number of hydrogen-bond donors (Lipinski definition) is 0. The van der Waals surface area contributed by atoms with Gasteiger partial charge in [-0.15, -0.1) is 0 Å². The van der Waals surface area contributed by atoms with Crippen LogP contribution < -0.4 is 9.47 Å². The van der Waals surface area contributed by atoms with Gasteiger partial charge in [-0.3, -0.25) is 9.97 Å². The van der Waals surface area contributed by atoms with E-state index in [1.807, 2.05) is 81.6 Å². The number of alkyl halides is 9. The number of unbranched alkanes of at least 4 members (excludes halogenated alkanes) is 13. The van der Waals surface area contributed by atoms with Crippen LogP contribution in [0.25, 0.3) is 0 Å². The van der Waals surface area contributed by atoms with Gasteiger partial charge in [-0.1, -0.05) is 432 Å². The van der Waals surface area contributed by atoms with E-state index >= 15 is 0 Å². The molecule has 140 heavy (non-hydrogen) atoms.